The van der Waals surface area contributed by atoms with Gasteiger partial charge in [-0.2, -0.15) is 13.2 Å². The van der Waals surface area contributed by atoms with Crippen LogP contribution in [0.1, 0.15) is 18.4 Å². The average molecular weight is 319 g/mol. The largest absolute Gasteiger partial charge is 0.417 e. The lowest BCUT2D eigenvalue weighted by molar-refractivity contribution is -0.137. The van der Waals surface area contributed by atoms with Gasteiger partial charge in [0.15, 0.2) is 0 Å². The van der Waals surface area contributed by atoms with E-state index in [1.54, 1.807) is 0 Å². The van der Waals surface area contributed by atoms with Crippen molar-refractivity contribution in [2.45, 2.75) is 19.0 Å². The van der Waals surface area contributed by atoms with Crippen LogP contribution in [0.15, 0.2) is 18.2 Å². The zero-order valence-corrected chi connectivity index (χ0v) is 11.9. The predicted molar refractivity (Wildman–Crippen MR) is 73.3 cm³/mol. The highest BCUT2D eigenvalue weighted by atomic mass is 35.5. The summed E-state index contributed by atoms with van der Waals surface area (Å²) in [6.45, 7) is 1.33. The van der Waals surface area contributed by atoms with E-state index in [-0.39, 0.29) is 28.6 Å². The van der Waals surface area contributed by atoms with E-state index in [4.69, 9.17) is 11.6 Å². The molecular formula is C14H14ClF3N2O. The van der Waals surface area contributed by atoms with E-state index < -0.39 is 11.7 Å². The standard InChI is InChI=1S/C14H14ClF3N2O/c15-11-2-1-9(5-10(11)14(16,17)18)20-8-13(3-4-13)7-19-6-12(20)21/h1-2,5,19H,3-4,6-8H2. The Hall–Kier alpha value is -1.27. The molecule has 1 saturated heterocycles. The van der Waals surface area contributed by atoms with Crippen molar-refractivity contribution >= 4 is 23.2 Å². The fourth-order valence-electron chi connectivity index (χ4n) is 2.65. The van der Waals surface area contributed by atoms with Gasteiger partial charge in [-0.1, -0.05) is 11.6 Å². The van der Waals surface area contributed by atoms with Crippen molar-refractivity contribution in [1.82, 2.24) is 5.32 Å². The molecule has 114 valence electrons. The summed E-state index contributed by atoms with van der Waals surface area (Å²) in [5.41, 5.74) is -0.632. The summed E-state index contributed by atoms with van der Waals surface area (Å²) in [5, 5.41) is 2.71. The summed E-state index contributed by atoms with van der Waals surface area (Å²) in [7, 11) is 0. The van der Waals surface area contributed by atoms with Gasteiger partial charge in [-0.05, 0) is 31.0 Å². The van der Waals surface area contributed by atoms with Crippen molar-refractivity contribution in [3.63, 3.8) is 0 Å². The van der Waals surface area contributed by atoms with E-state index in [1.807, 2.05) is 0 Å². The molecular weight excluding hydrogens is 305 g/mol. The van der Waals surface area contributed by atoms with Crippen LogP contribution in [0.2, 0.25) is 5.02 Å². The number of halogens is 4. The maximum Gasteiger partial charge on any atom is 0.417 e. The monoisotopic (exact) mass is 318 g/mol. The Morgan fingerprint density at radius 3 is 2.62 bits per heavy atom. The third-order valence-electron chi connectivity index (χ3n) is 4.09. The Bertz CT molecular complexity index is 584. The second-order valence-electron chi connectivity index (χ2n) is 5.75. The molecule has 1 aliphatic carbocycles. The minimum Gasteiger partial charge on any atom is -0.311 e. The van der Waals surface area contributed by atoms with Crippen LogP contribution in [-0.4, -0.2) is 25.5 Å². The predicted octanol–water partition coefficient (Wildman–Crippen LogP) is 3.08. The molecule has 1 spiro atoms. The summed E-state index contributed by atoms with van der Waals surface area (Å²) in [5.74, 6) is -0.214. The third kappa shape index (κ3) is 2.87. The second kappa shape index (κ2) is 4.88. The molecule has 3 nitrogen and oxygen atoms in total. The van der Waals surface area contributed by atoms with Crippen molar-refractivity contribution in [3.8, 4) is 0 Å². The number of anilines is 1. The number of nitrogens with one attached hydrogen (secondary N) is 1. The summed E-state index contributed by atoms with van der Waals surface area (Å²) in [6.07, 6.45) is -2.55. The number of carbonyl (C=O) groups excluding carboxylic acids is 1. The number of nitrogens with zero attached hydrogens (tertiary/aromatic N) is 1. The molecule has 0 radical (unpaired) electrons. The van der Waals surface area contributed by atoms with Crippen molar-refractivity contribution < 1.29 is 18.0 Å². The maximum atomic E-state index is 12.9. The lowest BCUT2D eigenvalue weighted by atomic mass is 10.1. The molecule has 1 heterocycles. The van der Waals surface area contributed by atoms with Gasteiger partial charge < -0.3 is 10.2 Å². The first-order valence-corrected chi connectivity index (χ1v) is 7.06. The fraction of sp³-hybridized carbons (Fsp3) is 0.500. The van der Waals surface area contributed by atoms with Crippen molar-refractivity contribution in [1.29, 1.82) is 0 Å². The van der Waals surface area contributed by atoms with E-state index in [9.17, 15) is 18.0 Å². The molecule has 0 aromatic heterocycles. The fourth-order valence-corrected chi connectivity index (χ4v) is 2.88. The van der Waals surface area contributed by atoms with Crippen LogP contribution in [0.3, 0.4) is 0 Å². The van der Waals surface area contributed by atoms with E-state index in [2.05, 4.69) is 5.32 Å². The lowest BCUT2D eigenvalue weighted by Crippen LogP contribution is -2.36. The summed E-state index contributed by atoms with van der Waals surface area (Å²) < 4.78 is 38.8. The van der Waals surface area contributed by atoms with E-state index in [0.29, 0.717) is 6.54 Å². The first-order chi connectivity index (χ1) is 9.81. The van der Waals surface area contributed by atoms with Crippen molar-refractivity contribution in [2.24, 2.45) is 5.41 Å². The Balaban J connectivity index is 1.96. The molecule has 2 fully saturated rings. The number of hydrogen-bond acceptors (Lipinski definition) is 2. The molecule has 0 bridgehead atoms. The molecule has 1 amide bonds. The highest BCUT2D eigenvalue weighted by Gasteiger charge is 2.46. The Morgan fingerprint density at radius 2 is 2.00 bits per heavy atom. The number of amides is 1. The first kappa shape index (κ1) is 14.7. The number of hydrogen-bond donors (Lipinski definition) is 1. The molecule has 1 aliphatic heterocycles. The van der Waals surface area contributed by atoms with Gasteiger partial charge in [0, 0.05) is 24.2 Å². The van der Waals surface area contributed by atoms with Gasteiger partial charge in [0.2, 0.25) is 5.91 Å². The number of benzene rings is 1. The molecule has 1 N–H and O–H groups in total. The molecule has 3 rings (SSSR count). The number of carbonyl (C=O) groups is 1. The maximum absolute atomic E-state index is 12.9. The molecule has 21 heavy (non-hydrogen) atoms. The quantitative estimate of drug-likeness (QED) is 0.863. The van der Waals surface area contributed by atoms with E-state index in [0.717, 1.165) is 25.5 Å². The zero-order valence-electron chi connectivity index (χ0n) is 11.1. The average Bonchev–Trinajstić information content (AvgIpc) is 3.17. The third-order valence-corrected chi connectivity index (χ3v) is 4.42. The van der Waals surface area contributed by atoms with Crippen LogP contribution in [0.25, 0.3) is 0 Å². The van der Waals surface area contributed by atoms with Gasteiger partial charge >= 0.3 is 6.18 Å². The highest BCUT2D eigenvalue weighted by molar-refractivity contribution is 6.31. The Morgan fingerprint density at radius 1 is 1.29 bits per heavy atom. The van der Waals surface area contributed by atoms with Crippen molar-refractivity contribution in [2.75, 3.05) is 24.5 Å². The molecule has 7 heteroatoms. The number of rotatable bonds is 1. The van der Waals surface area contributed by atoms with Gasteiger partial charge in [-0.15, -0.1) is 0 Å². The SMILES string of the molecule is O=C1CNCC2(CC2)CN1c1ccc(Cl)c(C(F)(F)F)c1. The highest BCUT2D eigenvalue weighted by Crippen LogP contribution is 2.47. The Kier molecular flexibility index (Phi) is 3.41. The molecule has 2 aliphatic rings. The van der Waals surface area contributed by atoms with Gasteiger partial charge in [-0.25, -0.2) is 0 Å². The van der Waals surface area contributed by atoms with Crippen LogP contribution < -0.4 is 10.2 Å². The summed E-state index contributed by atoms with van der Waals surface area (Å²) in [6, 6.07) is 3.63. The van der Waals surface area contributed by atoms with Crippen LogP contribution in [0.4, 0.5) is 18.9 Å². The summed E-state index contributed by atoms with van der Waals surface area (Å²) >= 11 is 5.62. The number of alkyl halides is 3. The molecule has 0 atom stereocenters. The van der Waals surface area contributed by atoms with Gasteiger partial charge in [0.25, 0.3) is 0 Å². The van der Waals surface area contributed by atoms with Gasteiger partial charge in [-0.3, -0.25) is 4.79 Å². The minimum absolute atomic E-state index is 0.0180. The summed E-state index contributed by atoms with van der Waals surface area (Å²) in [4.78, 5) is 13.6. The second-order valence-corrected chi connectivity index (χ2v) is 6.15. The van der Waals surface area contributed by atoms with Crippen LogP contribution in [0.5, 0.6) is 0 Å². The van der Waals surface area contributed by atoms with Crippen LogP contribution in [-0.2, 0) is 11.0 Å². The molecule has 1 aromatic carbocycles. The van der Waals surface area contributed by atoms with Gasteiger partial charge in [0.05, 0.1) is 17.1 Å². The topological polar surface area (TPSA) is 32.3 Å². The smallest absolute Gasteiger partial charge is 0.311 e. The van der Waals surface area contributed by atoms with Gasteiger partial charge in [0.1, 0.15) is 0 Å². The first-order valence-electron chi connectivity index (χ1n) is 6.69. The molecule has 0 unspecified atom stereocenters. The minimum atomic E-state index is -4.53. The molecule has 1 aromatic rings. The van der Waals surface area contributed by atoms with Crippen LogP contribution >= 0.6 is 11.6 Å². The van der Waals surface area contributed by atoms with E-state index in [1.165, 1.54) is 17.0 Å². The molecule has 1 saturated carbocycles. The normalized spacial score (nSPS) is 21.5. The Labute approximate surface area is 125 Å². The zero-order chi connectivity index (χ0) is 15.3. The van der Waals surface area contributed by atoms with Crippen molar-refractivity contribution in [3.05, 3.63) is 28.8 Å². The van der Waals surface area contributed by atoms with Crippen LogP contribution in [0, 0.1) is 5.41 Å². The lowest BCUT2D eigenvalue weighted by Gasteiger charge is -2.25. The van der Waals surface area contributed by atoms with E-state index >= 15 is 0 Å².